The first-order valence-corrected chi connectivity index (χ1v) is 14.8. The zero-order chi connectivity index (χ0) is 28.7. The van der Waals surface area contributed by atoms with Crippen molar-refractivity contribution in [3.05, 3.63) is 41.0 Å². The molecule has 1 aliphatic heterocycles. The van der Waals surface area contributed by atoms with Gasteiger partial charge >= 0.3 is 5.97 Å². The number of hydrogen-bond acceptors (Lipinski definition) is 7. The van der Waals surface area contributed by atoms with Gasteiger partial charge in [-0.05, 0) is 64.4 Å². The van der Waals surface area contributed by atoms with Crippen molar-refractivity contribution in [1.82, 2.24) is 14.9 Å². The summed E-state index contributed by atoms with van der Waals surface area (Å²) in [6.07, 6.45) is 8.66. The Kier molecular flexibility index (Phi) is 10.3. The van der Waals surface area contributed by atoms with Crippen LogP contribution in [0.2, 0.25) is 5.02 Å². The van der Waals surface area contributed by atoms with Crippen LogP contribution in [0.25, 0.3) is 22.0 Å². The van der Waals surface area contributed by atoms with E-state index in [1.54, 1.807) is 13.3 Å². The Hall–Kier alpha value is -2.81. The number of carbonyl (C=O) groups is 1. The van der Waals surface area contributed by atoms with E-state index in [0.29, 0.717) is 23.1 Å². The van der Waals surface area contributed by atoms with Crippen LogP contribution in [0.15, 0.2) is 30.5 Å². The minimum atomic E-state index is -0.592. The maximum absolute atomic E-state index is 12.8. The Morgan fingerprint density at radius 2 is 1.73 bits per heavy atom. The number of aromatic nitrogens is 2. The summed E-state index contributed by atoms with van der Waals surface area (Å²) in [6, 6.07) is 7.74. The normalized spacial score (nSPS) is 14.6. The highest BCUT2D eigenvalue weighted by Gasteiger charge is 2.23. The van der Waals surface area contributed by atoms with E-state index in [0.717, 1.165) is 73.4 Å². The maximum atomic E-state index is 12.8. The van der Waals surface area contributed by atoms with Crippen molar-refractivity contribution in [1.29, 1.82) is 0 Å². The number of halogens is 1. The van der Waals surface area contributed by atoms with E-state index in [4.69, 9.17) is 31.2 Å². The second-order valence-electron chi connectivity index (χ2n) is 11.5. The highest BCUT2D eigenvalue weighted by atomic mass is 35.5. The lowest BCUT2D eigenvalue weighted by atomic mass is 10.0. The molecule has 218 valence electrons. The molecule has 0 saturated carbocycles. The number of nitrogens with one attached hydrogen (secondary N) is 1. The van der Waals surface area contributed by atoms with Crippen LogP contribution in [0.1, 0.15) is 69.7 Å². The minimum absolute atomic E-state index is 0.307. The Labute approximate surface area is 242 Å². The quantitative estimate of drug-likeness (QED) is 0.195. The molecule has 0 aliphatic carbocycles. The monoisotopic (exact) mass is 570 g/mol. The van der Waals surface area contributed by atoms with E-state index in [2.05, 4.69) is 14.8 Å². The van der Waals surface area contributed by atoms with Crippen molar-refractivity contribution in [3.63, 3.8) is 0 Å². The minimum Gasteiger partial charge on any atom is -0.480 e. The van der Waals surface area contributed by atoms with Gasteiger partial charge in [0.25, 0.3) is 0 Å². The van der Waals surface area contributed by atoms with Gasteiger partial charge in [0, 0.05) is 61.0 Å². The molecule has 2 aromatic heterocycles. The fraction of sp³-hybridized carbons (Fsp3) is 0.548. The summed E-state index contributed by atoms with van der Waals surface area (Å²) in [6.45, 7) is 10.9. The van der Waals surface area contributed by atoms with Crippen LogP contribution in [0, 0.1) is 0 Å². The molecular weight excluding hydrogens is 528 g/mol. The number of anilines is 1. The van der Waals surface area contributed by atoms with Gasteiger partial charge in [-0.3, -0.25) is 4.90 Å². The predicted octanol–water partition coefficient (Wildman–Crippen LogP) is 6.30. The van der Waals surface area contributed by atoms with Gasteiger partial charge < -0.3 is 24.5 Å². The van der Waals surface area contributed by atoms with Gasteiger partial charge in [0.1, 0.15) is 11.4 Å². The van der Waals surface area contributed by atoms with E-state index in [1.807, 2.05) is 45.0 Å². The molecule has 3 aromatic rings. The molecule has 9 heteroatoms. The number of carbonyl (C=O) groups excluding carboxylic acids is 1. The van der Waals surface area contributed by atoms with E-state index < -0.39 is 5.60 Å². The number of aromatic amines is 1. The largest absolute Gasteiger partial charge is 0.480 e. The van der Waals surface area contributed by atoms with Gasteiger partial charge in [-0.25, -0.2) is 4.79 Å². The number of nitrogens with zero attached hydrogens (tertiary/aromatic N) is 3. The third-order valence-electron chi connectivity index (χ3n) is 7.30. The van der Waals surface area contributed by atoms with E-state index in [-0.39, 0.29) is 5.97 Å². The van der Waals surface area contributed by atoms with Crippen molar-refractivity contribution in [3.8, 4) is 17.0 Å². The summed E-state index contributed by atoms with van der Waals surface area (Å²) in [4.78, 5) is 25.6. The molecule has 40 heavy (non-hydrogen) atoms. The van der Waals surface area contributed by atoms with E-state index in [1.165, 1.54) is 25.7 Å². The summed E-state index contributed by atoms with van der Waals surface area (Å²) < 4.78 is 11.3. The Morgan fingerprint density at radius 1 is 1.02 bits per heavy atom. The van der Waals surface area contributed by atoms with Crippen molar-refractivity contribution in [2.75, 3.05) is 51.3 Å². The molecule has 1 aromatic carbocycles. The number of aliphatic hydroxyl groups excluding tert-OH is 1. The molecule has 1 fully saturated rings. The first kappa shape index (κ1) is 30.2. The Bertz CT molecular complexity index is 1280. The number of ether oxygens (including phenoxy) is 2. The highest BCUT2D eigenvalue weighted by Crippen LogP contribution is 2.38. The molecule has 4 rings (SSSR count). The topological polar surface area (TPSA) is 90.9 Å². The number of hydrogen-bond donors (Lipinski definition) is 2. The van der Waals surface area contributed by atoms with Gasteiger partial charge in [-0.1, -0.05) is 37.3 Å². The van der Waals surface area contributed by atoms with Crippen molar-refractivity contribution in [2.45, 2.75) is 64.9 Å². The van der Waals surface area contributed by atoms with Crippen LogP contribution in [-0.4, -0.2) is 78.0 Å². The molecule has 0 bridgehead atoms. The van der Waals surface area contributed by atoms with Crippen LogP contribution in [0.4, 0.5) is 5.82 Å². The number of piperazine rings is 1. The number of fused-ring (bicyclic) bond motifs is 1. The molecule has 2 N–H and O–H groups in total. The number of pyridine rings is 1. The SMILES string of the molecule is COc1nc(N2CCN(CCCCCCCCO)CC2)ccc1-c1cc2c(C(=O)OC(C)(C)C)c[nH]c2cc1Cl. The average Bonchev–Trinajstić information content (AvgIpc) is 3.34. The first-order chi connectivity index (χ1) is 19.2. The van der Waals surface area contributed by atoms with Crippen molar-refractivity contribution >= 4 is 34.3 Å². The summed E-state index contributed by atoms with van der Waals surface area (Å²) in [5.74, 6) is 0.999. The number of esters is 1. The lowest BCUT2D eigenvalue weighted by Gasteiger charge is -2.35. The number of unbranched alkanes of at least 4 members (excludes halogenated alkanes) is 5. The fourth-order valence-electron chi connectivity index (χ4n) is 5.17. The van der Waals surface area contributed by atoms with Crippen molar-refractivity contribution in [2.24, 2.45) is 0 Å². The third kappa shape index (κ3) is 7.68. The van der Waals surface area contributed by atoms with Gasteiger partial charge in [0.2, 0.25) is 5.88 Å². The molecule has 3 heterocycles. The fourth-order valence-corrected chi connectivity index (χ4v) is 5.44. The standard InChI is InChI=1S/C31H43ClN4O4/c1-31(2,3)40-30(38)25-21-33-27-20-26(32)23(19-24(25)27)22-11-12-28(34-29(22)39-4)36-16-14-35(15-17-36)13-9-7-5-6-8-10-18-37/h11-12,19-21,33,37H,5-10,13-18H2,1-4H3. The molecule has 1 saturated heterocycles. The van der Waals surface area contributed by atoms with Gasteiger partial charge in [0.05, 0.1) is 17.7 Å². The molecule has 0 radical (unpaired) electrons. The summed E-state index contributed by atoms with van der Waals surface area (Å²) in [5, 5.41) is 10.2. The summed E-state index contributed by atoms with van der Waals surface area (Å²) in [5.41, 5.74) is 2.15. The molecule has 0 spiro atoms. The summed E-state index contributed by atoms with van der Waals surface area (Å²) >= 11 is 6.70. The van der Waals surface area contributed by atoms with Crippen LogP contribution < -0.4 is 9.64 Å². The van der Waals surface area contributed by atoms with Gasteiger partial charge in [-0.2, -0.15) is 4.98 Å². The molecule has 8 nitrogen and oxygen atoms in total. The predicted molar refractivity (Wildman–Crippen MR) is 162 cm³/mol. The molecule has 1 aliphatic rings. The lowest BCUT2D eigenvalue weighted by molar-refractivity contribution is 0.00718. The Morgan fingerprint density at radius 3 is 2.40 bits per heavy atom. The third-order valence-corrected chi connectivity index (χ3v) is 7.61. The number of benzene rings is 1. The lowest BCUT2D eigenvalue weighted by Crippen LogP contribution is -2.46. The van der Waals surface area contributed by atoms with Gasteiger partial charge in [-0.15, -0.1) is 0 Å². The first-order valence-electron chi connectivity index (χ1n) is 14.4. The molecule has 0 unspecified atom stereocenters. The van der Waals surface area contributed by atoms with Crippen molar-refractivity contribution < 1.29 is 19.4 Å². The number of aliphatic hydroxyl groups is 1. The molecular formula is C31H43ClN4O4. The van der Waals surface area contributed by atoms with Crippen LogP contribution in [-0.2, 0) is 4.74 Å². The highest BCUT2D eigenvalue weighted by molar-refractivity contribution is 6.34. The maximum Gasteiger partial charge on any atom is 0.340 e. The second kappa shape index (κ2) is 13.7. The smallest absolute Gasteiger partial charge is 0.340 e. The van der Waals surface area contributed by atoms with E-state index in [9.17, 15) is 4.79 Å². The zero-order valence-electron chi connectivity index (χ0n) is 24.3. The number of H-pyrrole nitrogens is 1. The van der Waals surface area contributed by atoms with Crippen LogP contribution in [0.5, 0.6) is 5.88 Å². The summed E-state index contributed by atoms with van der Waals surface area (Å²) in [7, 11) is 1.62. The van der Waals surface area contributed by atoms with Gasteiger partial charge in [0.15, 0.2) is 0 Å². The van der Waals surface area contributed by atoms with Crippen LogP contribution in [0.3, 0.4) is 0 Å². The zero-order valence-corrected chi connectivity index (χ0v) is 25.0. The number of rotatable bonds is 12. The second-order valence-corrected chi connectivity index (χ2v) is 11.9. The Balaban J connectivity index is 1.43. The molecule has 0 atom stereocenters. The number of methoxy groups -OCH3 is 1. The molecule has 0 amide bonds. The van der Waals surface area contributed by atoms with E-state index >= 15 is 0 Å². The van der Waals surface area contributed by atoms with Crippen LogP contribution >= 0.6 is 11.6 Å². The average molecular weight is 571 g/mol.